The van der Waals surface area contributed by atoms with Crippen molar-refractivity contribution in [3.8, 4) is 0 Å². The highest BCUT2D eigenvalue weighted by Crippen LogP contribution is 2.21. The number of rotatable bonds is 15. The van der Waals surface area contributed by atoms with E-state index in [1.807, 2.05) is 0 Å². The Hall–Kier alpha value is -1.05. The van der Waals surface area contributed by atoms with E-state index in [1.54, 1.807) is 6.08 Å². The zero-order valence-electron chi connectivity index (χ0n) is 15.2. The molecule has 1 aliphatic heterocycles. The van der Waals surface area contributed by atoms with Crippen molar-refractivity contribution in [2.24, 2.45) is 0 Å². The summed E-state index contributed by atoms with van der Waals surface area (Å²) in [6.45, 7) is 5.93. The molecule has 1 rings (SSSR count). The van der Waals surface area contributed by atoms with E-state index in [9.17, 15) is 4.79 Å². The van der Waals surface area contributed by atoms with E-state index in [0.29, 0.717) is 5.76 Å². The predicted octanol–water partition coefficient (Wildman–Crippen LogP) is 6.85. The van der Waals surface area contributed by atoms with Crippen LogP contribution in [0, 0.1) is 0 Å². The summed E-state index contributed by atoms with van der Waals surface area (Å²) in [4.78, 5) is 11.4. The zero-order chi connectivity index (χ0) is 16.8. The molecule has 0 unspecified atom stereocenters. The Bertz CT molecular complexity index is 368. The number of unbranched alkanes of at least 4 members (excludes halogenated alkanes) is 13. The third-order valence-electron chi connectivity index (χ3n) is 4.62. The number of ether oxygens (including phenoxy) is 1. The lowest BCUT2D eigenvalue weighted by molar-refractivity contribution is -0.133. The molecule has 23 heavy (non-hydrogen) atoms. The van der Waals surface area contributed by atoms with E-state index in [-0.39, 0.29) is 5.97 Å². The van der Waals surface area contributed by atoms with Crippen molar-refractivity contribution in [2.75, 3.05) is 0 Å². The molecule has 0 amide bonds. The first kappa shape index (κ1) is 20.0. The molecule has 1 aliphatic rings. The fourth-order valence-corrected chi connectivity index (χ4v) is 3.15. The van der Waals surface area contributed by atoms with Crippen LogP contribution < -0.4 is 0 Å². The first-order valence-corrected chi connectivity index (χ1v) is 9.85. The molecule has 1 heterocycles. The normalized spacial score (nSPS) is 14.2. The quantitative estimate of drug-likeness (QED) is 0.243. The van der Waals surface area contributed by atoms with Crippen LogP contribution in [-0.2, 0) is 9.53 Å². The topological polar surface area (TPSA) is 26.3 Å². The average molecular weight is 321 g/mol. The Morgan fingerprint density at radius 2 is 1.22 bits per heavy atom. The SMILES string of the molecule is C=C1C=C(CCCCCCCCCCCCCCCC)C(=O)O1. The highest BCUT2D eigenvalue weighted by Gasteiger charge is 2.18. The first-order chi connectivity index (χ1) is 11.2. The first-order valence-electron chi connectivity index (χ1n) is 9.85. The second-order valence-corrected chi connectivity index (χ2v) is 6.87. The average Bonchev–Trinajstić information content (AvgIpc) is 2.85. The number of hydrogen-bond acceptors (Lipinski definition) is 2. The van der Waals surface area contributed by atoms with E-state index in [0.717, 1.165) is 18.4 Å². The largest absolute Gasteiger partial charge is 0.424 e. The van der Waals surface area contributed by atoms with Gasteiger partial charge in [0.2, 0.25) is 0 Å². The molecule has 0 atom stereocenters. The summed E-state index contributed by atoms with van der Waals surface area (Å²) in [5, 5.41) is 0. The second-order valence-electron chi connectivity index (χ2n) is 6.87. The van der Waals surface area contributed by atoms with Crippen molar-refractivity contribution in [3.05, 3.63) is 24.0 Å². The number of carbonyl (C=O) groups excluding carboxylic acids is 1. The summed E-state index contributed by atoms with van der Waals surface area (Å²) in [5.41, 5.74) is 0.800. The summed E-state index contributed by atoms with van der Waals surface area (Å²) < 4.78 is 4.92. The van der Waals surface area contributed by atoms with Crippen LogP contribution in [0.4, 0.5) is 0 Å². The minimum atomic E-state index is -0.190. The van der Waals surface area contributed by atoms with Gasteiger partial charge in [0, 0.05) is 5.57 Å². The molecular formula is C21H36O2. The molecule has 132 valence electrons. The lowest BCUT2D eigenvalue weighted by Crippen LogP contribution is -1.98. The van der Waals surface area contributed by atoms with E-state index in [4.69, 9.17) is 4.74 Å². The Kier molecular flexibility index (Phi) is 11.6. The lowest BCUT2D eigenvalue weighted by atomic mass is 10.0. The van der Waals surface area contributed by atoms with Crippen molar-refractivity contribution in [1.29, 1.82) is 0 Å². The highest BCUT2D eigenvalue weighted by molar-refractivity contribution is 5.92. The van der Waals surface area contributed by atoms with E-state index >= 15 is 0 Å². The summed E-state index contributed by atoms with van der Waals surface area (Å²) in [6, 6.07) is 0. The molecule has 0 N–H and O–H groups in total. The van der Waals surface area contributed by atoms with Crippen LogP contribution >= 0.6 is 0 Å². The molecule has 0 aromatic heterocycles. The van der Waals surface area contributed by atoms with Crippen LogP contribution in [0.25, 0.3) is 0 Å². The van der Waals surface area contributed by atoms with Crippen molar-refractivity contribution in [2.45, 2.75) is 103 Å². The van der Waals surface area contributed by atoms with Gasteiger partial charge >= 0.3 is 5.97 Å². The Balaban J connectivity index is 1.77. The van der Waals surface area contributed by atoms with Crippen LogP contribution in [0.15, 0.2) is 24.0 Å². The van der Waals surface area contributed by atoms with Gasteiger partial charge in [-0.05, 0) is 18.9 Å². The van der Waals surface area contributed by atoms with E-state index in [1.165, 1.54) is 83.5 Å². The van der Waals surface area contributed by atoms with Gasteiger partial charge in [0.05, 0.1) is 0 Å². The maximum absolute atomic E-state index is 11.4. The molecule has 0 saturated heterocycles. The van der Waals surface area contributed by atoms with Gasteiger partial charge in [-0.3, -0.25) is 0 Å². The smallest absolute Gasteiger partial charge is 0.339 e. The molecule has 2 nitrogen and oxygen atoms in total. The zero-order valence-corrected chi connectivity index (χ0v) is 15.2. The third kappa shape index (κ3) is 10.4. The van der Waals surface area contributed by atoms with Gasteiger partial charge in [0.1, 0.15) is 5.76 Å². The van der Waals surface area contributed by atoms with Crippen molar-refractivity contribution in [1.82, 2.24) is 0 Å². The third-order valence-corrected chi connectivity index (χ3v) is 4.62. The van der Waals surface area contributed by atoms with Crippen LogP contribution in [-0.4, -0.2) is 5.97 Å². The fourth-order valence-electron chi connectivity index (χ4n) is 3.15. The molecular weight excluding hydrogens is 284 g/mol. The van der Waals surface area contributed by atoms with E-state index in [2.05, 4.69) is 13.5 Å². The standard InChI is InChI=1S/C21H36O2/c1-3-4-5-6-7-8-9-10-11-12-13-14-15-16-17-20-18-19(2)23-21(20)22/h18H,2-17H2,1H3. The molecule has 2 heteroatoms. The summed E-state index contributed by atoms with van der Waals surface area (Å²) in [6.07, 6.45) is 21.7. The minimum Gasteiger partial charge on any atom is -0.424 e. The van der Waals surface area contributed by atoms with Gasteiger partial charge in [-0.2, -0.15) is 0 Å². The van der Waals surface area contributed by atoms with Gasteiger partial charge in [-0.1, -0.05) is 97.0 Å². The Morgan fingerprint density at radius 1 is 0.783 bits per heavy atom. The van der Waals surface area contributed by atoms with Crippen molar-refractivity contribution < 1.29 is 9.53 Å². The lowest BCUT2D eigenvalue weighted by Gasteiger charge is -2.03. The molecule has 0 spiro atoms. The van der Waals surface area contributed by atoms with Gasteiger partial charge < -0.3 is 4.74 Å². The molecule has 0 saturated carbocycles. The molecule has 0 fully saturated rings. The van der Waals surface area contributed by atoms with Crippen LogP contribution in [0.2, 0.25) is 0 Å². The van der Waals surface area contributed by atoms with Crippen LogP contribution in [0.5, 0.6) is 0 Å². The van der Waals surface area contributed by atoms with Crippen LogP contribution in [0.1, 0.15) is 103 Å². The second kappa shape index (κ2) is 13.4. The number of carbonyl (C=O) groups is 1. The number of allylic oxidation sites excluding steroid dienone is 1. The maximum atomic E-state index is 11.4. The van der Waals surface area contributed by atoms with Crippen molar-refractivity contribution >= 4 is 5.97 Å². The number of hydrogen-bond donors (Lipinski definition) is 0. The number of esters is 1. The maximum Gasteiger partial charge on any atom is 0.339 e. The van der Waals surface area contributed by atoms with Gasteiger partial charge in [0.25, 0.3) is 0 Å². The Labute approximate surface area is 143 Å². The van der Waals surface area contributed by atoms with Gasteiger partial charge in [0.15, 0.2) is 0 Å². The molecule has 0 aromatic carbocycles. The minimum absolute atomic E-state index is 0.190. The summed E-state index contributed by atoms with van der Waals surface area (Å²) in [7, 11) is 0. The van der Waals surface area contributed by atoms with Gasteiger partial charge in [-0.25, -0.2) is 4.79 Å². The fraction of sp³-hybridized carbons (Fsp3) is 0.762. The predicted molar refractivity (Wildman–Crippen MR) is 98.2 cm³/mol. The highest BCUT2D eigenvalue weighted by atomic mass is 16.5. The number of cyclic esters (lactones) is 1. The molecule has 0 aromatic rings. The molecule has 0 bridgehead atoms. The van der Waals surface area contributed by atoms with Crippen molar-refractivity contribution in [3.63, 3.8) is 0 Å². The van der Waals surface area contributed by atoms with E-state index < -0.39 is 0 Å². The molecule has 0 radical (unpaired) electrons. The molecule has 0 aliphatic carbocycles. The van der Waals surface area contributed by atoms with Gasteiger partial charge in [-0.15, -0.1) is 0 Å². The summed E-state index contributed by atoms with van der Waals surface area (Å²) in [5.74, 6) is 0.306. The van der Waals surface area contributed by atoms with Crippen LogP contribution in [0.3, 0.4) is 0 Å². The summed E-state index contributed by atoms with van der Waals surface area (Å²) >= 11 is 0. The monoisotopic (exact) mass is 320 g/mol. The Morgan fingerprint density at radius 3 is 1.61 bits per heavy atom.